The van der Waals surface area contributed by atoms with Crippen LogP contribution in [-0.4, -0.2) is 22.4 Å². The van der Waals surface area contributed by atoms with Gasteiger partial charge in [-0.05, 0) is 24.0 Å². The normalized spacial score (nSPS) is 12.5. The van der Waals surface area contributed by atoms with E-state index in [9.17, 15) is 9.90 Å². The van der Waals surface area contributed by atoms with Crippen LogP contribution in [0.25, 0.3) is 0 Å². The van der Waals surface area contributed by atoms with Crippen molar-refractivity contribution in [1.29, 1.82) is 0 Å². The van der Waals surface area contributed by atoms with E-state index in [2.05, 4.69) is 26.1 Å². The fraction of sp³-hybridized carbons (Fsp3) is 0.381. The van der Waals surface area contributed by atoms with E-state index in [0.717, 1.165) is 5.56 Å². The molecule has 1 aromatic carbocycles. The molecule has 0 radical (unpaired) electrons. The minimum atomic E-state index is -0.642. The maximum absolute atomic E-state index is 13.2. The number of ketones is 1. The topological polar surface area (TPSA) is 53.2 Å². The van der Waals surface area contributed by atoms with Crippen molar-refractivity contribution < 1.29 is 14.5 Å². The number of hydrogen-bond acceptors (Lipinski definition) is 3. The molecule has 0 fully saturated rings. The monoisotopic (exact) mass is 371 g/mol. The number of aromatic nitrogens is 1. The summed E-state index contributed by atoms with van der Waals surface area (Å²) in [6, 6.07) is 10.7. The molecular formula is C21H27N2O2S+. The first-order chi connectivity index (χ1) is 12.3. The van der Waals surface area contributed by atoms with Gasteiger partial charge in [0.05, 0.1) is 6.61 Å². The molecule has 0 amide bonds. The van der Waals surface area contributed by atoms with Gasteiger partial charge in [-0.2, -0.15) is 4.57 Å². The summed E-state index contributed by atoms with van der Waals surface area (Å²) in [5, 5.41) is 12.5. The van der Waals surface area contributed by atoms with E-state index in [1.54, 1.807) is 17.0 Å². The standard InChI is InChI=1S/C21H26N2O2S/c1-5-22-20(26)18(23-12-6-7-15(13-23)14-24)19(25)16-8-10-17(11-9-16)21(2,3)4/h6-13,18,24H,5,14H2,1-4H3/p+1. The number of aliphatic hydroxyl groups excluding tert-OH is 1. The molecule has 1 aromatic heterocycles. The first-order valence-electron chi connectivity index (χ1n) is 8.81. The second-order valence-electron chi connectivity index (χ2n) is 7.31. The molecule has 2 rings (SSSR count). The Kier molecular flexibility index (Phi) is 6.62. The molecule has 138 valence electrons. The summed E-state index contributed by atoms with van der Waals surface area (Å²) >= 11 is 5.48. The zero-order chi connectivity index (χ0) is 19.3. The van der Waals surface area contributed by atoms with Gasteiger partial charge in [-0.25, -0.2) is 0 Å². The van der Waals surface area contributed by atoms with E-state index >= 15 is 0 Å². The van der Waals surface area contributed by atoms with Gasteiger partial charge in [-0.1, -0.05) is 57.3 Å². The molecule has 0 aliphatic carbocycles. The molecule has 0 saturated heterocycles. The predicted molar refractivity (Wildman–Crippen MR) is 107 cm³/mol. The average Bonchev–Trinajstić information content (AvgIpc) is 2.61. The van der Waals surface area contributed by atoms with Crippen molar-refractivity contribution >= 4 is 23.0 Å². The molecule has 26 heavy (non-hydrogen) atoms. The van der Waals surface area contributed by atoms with Crippen molar-refractivity contribution in [3.8, 4) is 0 Å². The van der Waals surface area contributed by atoms with Crippen LogP contribution in [0, 0.1) is 0 Å². The number of nitrogens with zero attached hydrogens (tertiary/aromatic N) is 1. The summed E-state index contributed by atoms with van der Waals surface area (Å²) in [6.07, 6.45) is 3.56. The number of nitrogens with one attached hydrogen (secondary N) is 1. The minimum Gasteiger partial charge on any atom is -0.391 e. The smallest absolute Gasteiger partial charge is 0.270 e. The van der Waals surface area contributed by atoms with Crippen LogP contribution in [0.1, 0.15) is 55.2 Å². The highest BCUT2D eigenvalue weighted by Crippen LogP contribution is 2.23. The average molecular weight is 372 g/mol. The first-order valence-corrected chi connectivity index (χ1v) is 9.21. The molecule has 1 heterocycles. The van der Waals surface area contributed by atoms with Crippen molar-refractivity contribution in [2.24, 2.45) is 0 Å². The maximum Gasteiger partial charge on any atom is 0.270 e. The second kappa shape index (κ2) is 8.52. The Bertz CT molecular complexity index is 779. The predicted octanol–water partition coefficient (Wildman–Crippen LogP) is 3.12. The highest BCUT2D eigenvalue weighted by molar-refractivity contribution is 7.80. The molecule has 0 bridgehead atoms. The molecule has 0 aliphatic heterocycles. The van der Waals surface area contributed by atoms with Gasteiger partial charge in [0.15, 0.2) is 17.4 Å². The van der Waals surface area contributed by atoms with Crippen LogP contribution in [-0.2, 0) is 12.0 Å². The fourth-order valence-corrected chi connectivity index (χ4v) is 3.12. The second-order valence-corrected chi connectivity index (χ2v) is 7.75. The number of benzene rings is 1. The van der Waals surface area contributed by atoms with Crippen molar-refractivity contribution in [2.45, 2.75) is 45.8 Å². The van der Waals surface area contributed by atoms with Crippen molar-refractivity contribution in [2.75, 3.05) is 6.54 Å². The van der Waals surface area contributed by atoms with E-state index in [1.165, 1.54) is 5.56 Å². The van der Waals surface area contributed by atoms with Gasteiger partial charge >= 0.3 is 0 Å². The largest absolute Gasteiger partial charge is 0.391 e. The highest BCUT2D eigenvalue weighted by Gasteiger charge is 2.33. The molecule has 1 atom stereocenters. The molecule has 4 nitrogen and oxygen atoms in total. The Morgan fingerprint density at radius 1 is 1.23 bits per heavy atom. The van der Waals surface area contributed by atoms with Gasteiger partial charge in [0.1, 0.15) is 0 Å². The van der Waals surface area contributed by atoms with Gasteiger partial charge < -0.3 is 10.4 Å². The van der Waals surface area contributed by atoms with Crippen LogP contribution in [0.5, 0.6) is 0 Å². The number of Topliss-reactive ketones (excluding diaryl/α,β-unsaturated/α-hetero) is 1. The van der Waals surface area contributed by atoms with E-state index in [-0.39, 0.29) is 17.8 Å². The lowest BCUT2D eigenvalue weighted by Crippen LogP contribution is -2.51. The summed E-state index contributed by atoms with van der Waals surface area (Å²) < 4.78 is 1.76. The summed E-state index contributed by atoms with van der Waals surface area (Å²) in [7, 11) is 0. The molecule has 1 unspecified atom stereocenters. The Labute approximate surface area is 160 Å². The number of rotatable bonds is 6. The molecular weight excluding hydrogens is 344 g/mol. The quantitative estimate of drug-likeness (QED) is 0.465. The SMILES string of the molecule is CCNC(=S)C(C(=O)c1ccc(C(C)(C)C)cc1)[n+]1cccc(CO)c1. The lowest BCUT2D eigenvalue weighted by molar-refractivity contribution is -0.692. The summed E-state index contributed by atoms with van der Waals surface area (Å²) in [5.41, 5.74) is 2.55. The van der Waals surface area contributed by atoms with Crippen LogP contribution in [0.2, 0.25) is 0 Å². The number of aliphatic hydroxyl groups is 1. The van der Waals surface area contributed by atoms with Gasteiger partial charge in [-0.15, -0.1) is 0 Å². The van der Waals surface area contributed by atoms with E-state index in [1.807, 2.05) is 43.3 Å². The molecule has 0 spiro atoms. The number of thiocarbonyl (C=S) groups is 1. The summed E-state index contributed by atoms with van der Waals surface area (Å²) in [5.74, 6) is -0.0727. The van der Waals surface area contributed by atoms with Crippen LogP contribution in [0.4, 0.5) is 0 Å². The van der Waals surface area contributed by atoms with Crippen LogP contribution in [0.3, 0.4) is 0 Å². The Hall–Kier alpha value is -2.11. The minimum absolute atomic E-state index is 0.0320. The number of likely N-dealkylation sites (N-methyl/N-ethyl adjacent to an activating group) is 1. The van der Waals surface area contributed by atoms with Gasteiger partial charge in [0.2, 0.25) is 5.78 Å². The van der Waals surface area contributed by atoms with E-state index in [0.29, 0.717) is 17.1 Å². The third-order valence-corrected chi connectivity index (χ3v) is 4.61. The van der Waals surface area contributed by atoms with Crippen LogP contribution >= 0.6 is 12.2 Å². The number of carbonyl (C=O) groups excluding carboxylic acids is 1. The molecule has 0 saturated carbocycles. The Morgan fingerprint density at radius 3 is 2.42 bits per heavy atom. The molecule has 2 aromatic rings. The highest BCUT2D eigenvalue weighted by atomic mass is 32.1. The van der Waals surface area contributed by atoms with Crippen molar-refractivity contribution in [3.05, 3.63) is 65.5 Å². The Morgan fingerprint density at radius 2 is 1.88 bits per heavy atom. The lowest BCUT2D eigenvalue weighted by atomic mass is 9.86. The maximum atomic E-state index is 13.2. The zero-order valence-corrected chi connectivity index (χ0v) is 16.6. The van der Waals surface area contributed by atoms with Crippen molar-refractivity contribution in [3.63, 3.8) is 0 Å². The number of hydrogen-bond donors (Lipinski definition) is 2. The zero-order valence-electron chi connectivity index (χ0n) is 15.8. The van der Waals surface area contributed by atoms with E-state index in [4.69, 9.17) is 12.2 Å². The third-order valence-electron chi connectivity index (χ3n) is 4.25. The number of carbonyl (C=O) groups is 1. The van der Waals surface area contributed by atoms with Crippen molar-refractivity contribution in [1.82, 2.24) is 5.32 Å². The van der Waals surface area contributed by atoms with Gasteiger partial charge in [0, 0.05) is 23.7 Å². The van der Waals surface area contributed by atoms with Gasteiger partial charge in [-0.3, -0.25) is 4.79 Å². The third kappa shape index (κ3) is 4.74. The first kappa shape index (κ1) is 20.2. The van der Waals surface area contributed by atoms with Crippen LogP contribution < -0.4 is 9.88 Å². The lowest BCUT2D eigenvalue weighted by Gasteiger charge is -2.19. The molecule has 5 heteroatoms. The van der Waals surface area contributed by atoms with Gasteiger partial charge in [0.25, 0.3) is 6.04 Å². The fourth-order valence-electron chi connectivity index (χ4n) is 2.75. The van der Waals surface area contributed by atoms with Crippen LogP contribution in [0.15, 0.2) is 48.8 Å². The number of pyridine rings is 1. The molecule has 0 aliphatic rings. The summed E-state index contributed by atoms with van der Waals surface area (Å²) in [6.45, 7) is 8.93. The summed E-state index contributed by atoms with van der Waals surface area (Å²) in [4.78, 5) is 13.7. The Balaban J connectivity index is 2.41. The van der Waals surface area contributed by atoms with E-state index < -0.39 is 6.04 Å². The molecule has 2 N–H and O–H groups in total.